The minimum absolute atomic E-state index is 0.0198. The molecule has 3 rings (SSSR count). The van der Waals surface area contributed by atoms with Crippen molar-refractivity contribution in [2.45, 2.75) is 0 Å². The van der Waals surface area contributed by atoms with Gasteiger partial charge in [-0.05, 0) is 68.3 Å². The van der Waals surface area contributed by atoms with Crippen molar-refractivity contribution in [3.63, 3.8) is 0 Å². The molecular weight excluding hydrogens is 482 g/mol. The molecule has 7 nitrogen and oxygen atoms in total. The van der Waals surface area contributed by atoms with Crippen molar-refractivity contribution < 1.29 is 9.85 Å². The molecule has 0 aliphatic carbocycles. The molecule has 0 radical (unpaired) electrons. The van der Waals surface area contributed by atoms with E-state index in [2.05, 4.69) is 31.9 Å². The Kier molecular flexibility index (Phi) is 5.52. The molecule has 0 unspecified atom stereocenters. The minimum atomic E-state index is -0.464. The van der Waals surface area contributed by atoms with Gasteiger partial charge in [0.2, 0.25) is 0 Å². The molecule has 0 saturated carbocycles. The highest BCUT2D eigenvalue weighted by Crippen LogP contribution is 2.43. The first kappa shape index (κ1) is 19.0. The SMILES string of the molecule is O=[N+]([O-])c1ccc(N(c2ccc([N+](=O)[O-])cc2)c2c(Br)cccc2Br)cc1. The third kappa shape index (κ3) is 3.99. The first-order valence-electron chi connectivity index (χ1n) is 7.61. The van der Waals surface area contributed by atoms with E-state index in [9.17, 15) is 20.2 Å². The summed E-state index contributed by atoms with van der Waals surface area (Å²) in [5.41, 5.74) is 2.06. The summed E-state index contributed by atoms with van der Waals surface area (Å²) in [5.74, 6) is 0. The molecular formula is C18H11Br2N3O4. The summed E-state index contributed by atoms with van der Waals surface area (Å²) in [6.07, 6.45) is 0. The Morgan fingerprint density at radius 2 is 1.04 bits per heavy atom. The molecule has 3 aromatic carbocycles. The summed E-state index contributed by atoms with van der Waals surface area (Å²) in [7, 11) is 0. The van der Waals surface area contributed by atoms with E-state index >= 15 is 0 Å². The number of nitrogens with zero attached hydrogens (tertiary/aromatic N) is 3. The second kappa shape index (κ2) is 7.85. The number of non-ortho nitro benzene ring substituents is 2. The molecule has 0 fully saturated rings. The van der Waals surface area contributed by atoms with Crippen LogP contribution in [0.4, 0.5) is 28.4 Å². The third-order valence-electron chi connectivity index (χ3n) is 3.80. The van der Waals surface area contributed by atoms with E-state index in [0.29, 0.717) is 11.4 Å². The lowest BCUT2D eigenvalue weighted by atomic mass is 10.1. The molecule has 0 spiro atoms. The minimum Gasteiger partial charge on any atom is -0.308 e. The molecule has 9 heteroatoms. The lowest BCUT2D eigenvalue weighted by Crippen LogP contribution is -2.11. The number of nitro benzene ring substituents is 2. The van der Waals surface area contributed by atoms with Crippen LogP contribution in [-0.4, -0.2) is 9.85 Å². The highest BCUT2D eigenvalue weighted by molar-refractivity contribution is 9.11. The van der Waals surface area contributed by atoms with Crippen molar-refractivity contribution in [3.8, 4) is 0 Å². The third-order valence-corrected chi connectivity index (χ3v) is 5.08. The van der Waals surface area contributed by atoms with E-state index in [1.54, 1.807) is 24.3 Å². The fourth-order valence-corrected chi connectivity index (χ4v) is 3.91. The van der Waals surface area contributed by atoms with Crippen molar-refractivity contribution in [1.82, 2.24) is 0 Å². The van der Waals surface area contributed by atoms with Crippen LogP contribution < -0.4 is 4.90 Å². The normalized spacial score (nSPS) is 10.4. The quantitative estimate of drug-likeness (QED) is 0.299. The average Bonchev–Trinajstić information content (AvgIpc) is 2.65. The molecule has 0 aromatic heterocycles. The number of halogens is 2. The maximum atomic E-state index is 10.9. The summed E-state index contributed by atoms with van der Waals surface area (Å²) >= 11 is 7.06. The first-order valence-corrected chi connectivity index (χ1v) is 9.20. The molecule has 0 heterocycles. The van der Waals surface area contributed by atoms with Gasteiger partial charge in [-0.3, -0.25) is 20.2 Å². The van der Waals surface area contributed by atoms with Gasteiger partial charge in [0.15, 0.2) is 0 Å². The second-order valence-electron chi connectivity index (χ2n) is 5.45. The predicted octanol–water partition coefficient (Wildman–Crippen LogP) is 6.50. The summed E-state index contributed by atoms with van der Waals surface area (Å²) in [6.45, 7) is 0. The van der Waals surface area contributed by atoms with Crippen molar-refractivity contribution in [2.75, 3.05) is 4.90 Å². The van der Waals surface area contributed by atoms with Crippen molar-refractivity contribution in [3.05, 3.63) is 95.9 Å². The largest absolute Gasteiger partial charge is 0.308 e. The zero-order valence-electron chi connectivity index (χ0n) is 13.6. The molecule has 0 bridgehead atoms. The Labute approximate surface area is 170 Å². The molecule has 3 aromatic rings. The maximum absolute atomic E-state index is 10.9. The van der Waals surface area contributed by atoms with Crippen LogP contribution in [0, 0.1) is 20.2 Å². The molecule has 0 aliphatic rings. The van der Waals surface area contributed by atoms with Crippen LogP contribution in [0.1, 0.15) is 0 Å². The summed E-state index contributed by atoms with van der Waals surface area (Å²) < 4.78 is 1.57. The van der Waals surface area contributed by atoms with Gasteiger partial charge in [0.25, 0.3) is 11.4 Å². The molecule has 0 atom stereocenters. The van der Waals surface area contributed by atoms with Crippen LogP contribution in [-0.2, 0) is 0 Å². The fraction of sp³-hybridized carbons (Fsp3) is 0. The molecule has 27 heavy (non-hydrogen) atoms. The number of benzene rings is 3. The van der Waals surface area contributed by atoms with Crippen molar-refractivity contribution in [2.24, 2.45) is 0 Å². The maximum Gasteiger partial charge on any atom is 0.269 e. The van der Waals surface area contributed by atoms with E-state index < -0.39 is 9.85 Å². The van der Waals surface area contributed by atoms with Gasteiger partial charge in [0.05, 0.1) is 15.5 Å². The molecule has 0 aliphatic heterocycles. The van der Waals surface area contributed by atoms with E-state index in [-0.39, 0.29) is 11.4 Å². The Bertz CT molecular complexity index is 930. The van der Waals surface area contributed by atoms with Crippen LogP contribution in [0.2, 0.25) is 0 Å². The summed E-state index contributed by atoms with van der Waals surface area (Å²) in [4.78, 5) is 22.8. The van der Waals surface area contributed by atoms with Gasteiger partial charge in [0, 0.05) is 44.6 Å². The average molecular weight is 493 g/mol. The van der Waals surface area contributed by atoms with Crippen molar-refractivity contribution >= 4 is 60.3 Å². The van der Waals surface area contributed by atoms with Crippen LogP contribution in [0.3, 0.4) is 0 Å². The molecule has 0 amide bonds. The smallest absolute Gasteiger partial charge is 0.269 e. The van der Waals surface area contributed by atoms with E-state index in [4.69, 9.17) is 0 Å². The van der Waals surface area contributed by atoms with E-state index in [0.717, 1.165) is 14.6 Å². The first-order chi connectivity index (χ1) is 12.9. The topological polar surface area (TPSA) is 89.5 Å². The van der Waals surface area contributed by atoms with Crippen LogP contribution >= 0.6 is 31.9 Å². The molecule has 0 saturated heterocycles. The highest BCUT2D eigenvalue weighted by atomic mass is 79.9. The molecule has 136 valence electrons. The van der Waals surface area contributed by atoms with Gasteiger partial charge in [-0.25, -0.2) is 0 Å². The van der Waals surface area contributed by atoms with Crippen LogP contribution in [0.5, 0.6) is 0 Å². The monoisotopic (exact) mass is 491 g/mol. The highest BCUT2D eigenvalue weighted by Gasteiger charge is 2.19. The van der Waals surface area contributed by atoms with Gasteiger partial charge in [-0.2, -0.15) is 0 Å². The van der Waals surface area contributed by atoms with Gasteiger partial charge in [0.1, 0.15) is 0 Å². The number of rotatable bonds is 5. The second-order valence-corrected chi connectivity index (χ2v) is 7.16. The number of para-hydroxylation sites is 1. The fourth-order valence-electron chi connectivity index (χ4n) is 2.56. The Morgan fingerprint density at radius 3 is 1.37 bits per heavy atom. The lowest BCUT2D eigenvalue weighted by molar-refractivity contribution is -0.385. The number of nitro groups is 2. The van der Waals surface area contributed by atoms with Gasteiger partial charge >= 0.3 is 0 Å². The van der Waals surface area contributed by atoms with Crippen LogP contribution in [0.15, 0.2) is 75.7 Å². The lowest BCUT2D eigenvalue weighted by Gasteiger charge is -2.27. The van der Waals surface area contributed by atoms with Crippen LogP contribution in [0.25, 0.3) is 0 Å². The Balaban J connectivity index is 2.17. The predicted molar refractivity (Wildman–Crippen MR) is 110 cm³/mol. The Hall–Kier alpha value is -2.78. The van der Waals surface area contributed by atoms with Gasteiger partial charge in [-0.15, -0.1) is 0 Å². The Morgan fingerprint density at radius 1 is 0.667 bits per heavy atom. The van der Waals surface area contributed by atoms with Gasteiger partial charge in [-0.1, -0.05) is 6.07 Å². The van der Waals surface area contributed by atoms with Crippen molar-refractivity contribution in [1.29, 1.82) is 0 Å². The zero-order chi connectivity index (χ0) is 19.6. The number of anilines is 3. The summed E-state index contributed by atoms with van der Waals surface area (Å²) in [6, 6.07) is 17.8. The standard InChI is InChI=1S/C18H11Br2N3O4/c19-16-2-1-3-17(20)18(16)21(12-4-8-14(9-5-12)22(24)25)13-6-10-15(11-7-13)23(26)27/h1-11H. The number of hydrogen-bond acceptors (Lipinski definition) is 5. The number of hydrogen-bond donors (Lipinski definition) is 0. The van der Waals surface area contributed by atoms with Gasteiger partial charge < -0.3 is 4.90 Å². The van der Waals surface area contributed by atoms with E-state index in [1.165, 1.54) is 24.3 Å². The van der Waals surface area contributed by atoms with E-state index in [1.807, 2.05) is 23.1 Å². The zero-order valence-corrected chi connectivity index (χ0v) is 16.8. The summed E-state index contributed by atoms with van der Waals surface area (Å²) in [5, 5.41) is 21.9. The molecule has 0 N–H and O–H groups in total.